The van der Waals surface area contributed by atoms with E-state index in [9.17, 15) is 5.11 Å². The van der Waals surface area contributed by atoms with Crippen molar-refractivity contribution >= 4 is 33.2 Å². The number of fused-ring (bicyclic) bond motifs is 8. The average Bonchev–Trinajstić information content (AvgIpc) is 3.60. The molecular formula is C32H40N4O. The lowest BCUT2D eigenvalue weighted by Gasteiger charge is -2.03. The number of aromatic amines is 2. The molecule has 0 aliphatic carbocycles. The Labute approximate surface area is 220 Å². The highest BCUT2D eigenvalue weighted by Gasteiger charge is 2.21. The zero-order valence-corrected chi connectivity index (χ0v) is 23.2. The van der Waals surface area contributed by atoms with Crippen LogP contribution in [0.4, 0.5) is 0 Å². The Kier molecular flexibility index (Phi) is 7.09. The molecule has 3 aromatic rings. The van der Waals surface area contributed by atoms with Gasteiger partial charge in [0.1, 0.15) is 6.10 Å². The molecule has 0 amide bonds. The van der Waals surface area contributed by atoms with Gasteiger partial charge in [0.2, 0.25) is 0 Å². The van der Waals surface area contributed by atoms with Crippen molar-refractivity contribution in [2.45, 2.75) is 92.6 Å². The highest BCUT2D eigenvalue weighted by Crippen LogP contribution is 2.36. The third-order valence-electron chi connectivity index (χ3n) is 8.09. The van der Waals surface area contributed by atoms with Gasteiger partial charge in [0.25, 0.3) is 0 Å². The Morgan fingerprint density at radius 2 is 1.05 bits per heavy atom. The second-order valence-corrected chi connectivity index (χ2v) is 10.1. The zero-order chi connectivity index (χ0) is 26.3. The Bertz CT molecular complexity index is 1540. The molecule has 8 bridgehead atoms. The predicted octanol–water partition coefficient (Wildman–Crippen LogP) is 7.57. The highest BCUT2D eigenvalue weighted by atomic mass is 16.3. The molecular weight excluding hydrogens is 456 g/mol. The molecule has 5 heterocycles. The maximum atomic E-state index is 10.9. The lowest BCUT2D eigenvalue weighted by molar-refractivity contribution is 0.184. The first-order valence-electron chi connectivity index (χ1n) is 14.1. The molecule has 0 spiro atoms. The summed E-state index contributed by atoms with van der Waals surface area (Å²) in [4.78, 5) is 17.5. The van der Waals surface area contributed by atoms with Crippen LogP contribution in [-0.2, 0) is 32.1 Å². The number of hydrogen-bond acceptors (Lipinski definition) is 3. The number of aliphatic hydroxyl groups is 1. The van der Waals surface area contributed by atoms with Gasteiger partial charge in [-0.05, 0) is 96.2 Å². The first kappa shape index (κ1) is 25.5. The third-order valence-corrected chi connectivity index (χ3v) is 8.09. The molecule has 2 aliphatic heterocycles. The van der Waals surface area contributed by atoms with Crippen LogP contribution in [-0.4, -0.2) is 25.0 Å². The monoisotopic (exact) mass is 496 g/mol. The number of nitrogens with one attached hydrogen (secondary N) is 2. The van der Waals surface area contributed by atoms with E-state index in [4.69, 9.17) is 9.97 Å². The van der Waals surface area contributed by atoms with Crippen molar-refractivity contribution in [1.82, 2.24) is 19.9 Å². The van der Waals surface area contributed by atoms with Crippen LogP contribution in [0.1, 0.15) is 106 Å². The second kappa shape index (κ2) is 10.3. The topological polar surface area (TPSA) is 77.6 Å². The third kappa shape index (κ3) is 4.33. The maximum Gasteiger partial charge on any atom is 0.102 e. The van der Waals surface area contributed by atoms with Gasteiger partial charge in [-0.3, -0.25) is 4.98 Å². The van der Waals surface area contributed by atoms with Crippen molar-refractivity contribution < 1.29 is 5.11 Å². The van der Waals surface area contributed by atoms with Gasteiger partial charge in [-0.15, -0.1) is 0 Å². The van der Waals surface area contributed by atoms with E-state index in [1.54, 1.807) is 0 Å². The fourth-order valence-electron chi connectivity index (χ4n) is 6.35. The molecule has 5 rings (SSSR count). The molecule has 0 aromatic carbocycles. The Balaban J connectivity index is 1.98. The summed E-state index contributed by atoms with van der Waals surface area (Å²) in [6.45, 7) is 13.3. The largest absolute Gasteiger partial charge is 0.386 e. The Morgan fingerprint density at radius 3 is 1.49 bits per heavy atom. The van der Waals surface area contributed by atoms with Gasteiger partial charge in [0.15, 0.2) is 0 Å². The molecule has 2 aliphatic rings. The highest BCUT2D eigenvalue weighted by molar-refractivity contribution is 5.93. The van der Waals surface area contributed by atoms with Gasteiger partial charge in [0.05, 0.1) is 17.1 Å². The number of aromatic nitrogens is 4. The molecule has 1 atom stereocenters. The van der Waals surface area contributed by atoms with E-state index in [0.717, 1.165) is 83.4 Å². The molecule has 37 heavy (non-hydrogen) atoms. The van der Waals surface area contributed by atoms with Crippen molar-refractivity contribution in [3.8, 4) is 0 Å². The molecule has 0 saturated carbocycles. The molecule has 5 heteroatoms. The second-order valence-electron chi connectivity index (χ2n) is 10.1. The van der Waals surface area contributed by atoms with Crippen LogP contribution in [0.5, 0.6) is 0 Å². The van der Waals surface area contributed by atoms with Crippen LogP contribution < -0.4 is 0 Å². The SMILES string of the molecule is CCC1=C(CC)c2cc3[nH]c(cc4nc(cc5[nH]c(cc1n2)c(CC)c5CC)CC4O)c(CC)c3CC. The Morgan fingerprint density at radius 1 is 0.622 bits per heavy atom. The van der Waals surface area contributed by atoms with Gasteiger partial charge >= 0.3 is 0 Å². The summed E-state index contributed by atoms with van der Waals surface area (Å²) in [5, 5.41) is 10.9. The number of rotatable bonds is 6. The quantitative estimate of drug-likeness (QED) is 0.329. The van der Waals surface area contributed by atoms with E-state index in [-0.39, 0.29) is 0 Å². The molecule has 0 saturated heterocycles. The average molecular weight is 497 g/mol. The van der Waals surface area contributed by atoms with Gasteiger partial charge in [-0.1, -0.05) is 41.5 Å². The normalized spacial score (nSPS) is 15.6. The fraction of sp³-hybridized carbons (Fsp3) is 0.438. The minimum atomic E-state index is -0.596. The summed E-state index contributed by atoms with van der Waals surface area (Å²) in [6, 6.07) is 8.69. The standard InChI is InChI=1S/C32H40N4O/c1-7-19-20(8-2)26-15-27-21(9-3)22(10-4)28(35-27)16-29-23(11-5)24(12-6)30(36-29)17-31-32(37)14-18(33-31)13-25(19)34-26/h13,15-17,32,34,36-37H,7-12,14H2,1-6H3. The van der Waals surface area contributed by atoms with Gasteiger partial charge in [0, 0.05) is 34.2 Å². The molecule has 0 fully saturated rings. The van der Waals surface area contributed by atoms with Crippen LogP contribution in [0.3, 0.4) is 0 Å². The van der Waals surface area contributed by atoms with E-state index in [2.05, 4.69) is 75.8 Å². The van der Waals surface area contributed by atoms with E-state index >= 15 is 0 Å². The number of hydrogen-bond donors (Lipinski definition) is 3. The summed E-state index contributed by atoms with van der Waals surface area (Å²) >= 11 is 0. The Hall–Kier alpha value is -3.18. The van der Waals surface area contributed by atoms with Crippen molar-refractivity contribution in [1.29, 1.82) is 0 Å². The minimum absolute atomic E-state index is 0.531. The lowest BCUT2D eigenvalue weighted by atomic mass is 9.99. The lowest BCUT2D eigenvalue weighted by Crippen LogP contribution is -1.93. The van der Waals surface area contributed by atoms with Crippen LogP contribution in [0.25, 0.3) is 33.2 Å². The molecule has 5 nitrogen and oxygen atoms in total. The fourth-order valence-corrected chi connectivity index (χ4v) is 6.35. The van der Waals surface area contributed by atoms with Crippen molar-refractivity contribution in [3.63, 3.8) is 0 Å². The maximum absolute atomic E-state index is 10.9. The minimum Gasteiger partial charge on any atom is -0.386 e. The summed E-state index contributed by atoms with van der Waals surface area (Å²) in [5.41, 5.74) is 16.1. The number of H-pyrrole nitrogens is 2. The van der Waals surface area contributed by atoms with E-state index < -0.39 is 6.10 Å². The van der Waals surface area contributed by atoms with Crippen LogP contribution in [0, 0.1) is 0 Å². The van der Waals surface area contributed by atoms with E-state index in [0.29, 0.717) is 6.42 Å². The first-order valence-corrected chi connectivity index (χ1v) is 14.1. The van der Waals surface area contributed by atoms with Gasteiger partial charge < -0.3 is 15.1 Å². The molecule has 0 radical (unpaired) electrons. The van der Waals surface area contributed by atoms with Crippen molar-refractivity contribution in [2.24, 2.45) is 0 Å². The summed E-state index contributed by atoms with van der Waals surface area (Å²) < 4.78 is 0. The number of aliphatic hydroxyl groups excluding tert-OH is 1. The van der Waals surface area contributed by atoms with Crippen molar-refractivity contribution in [2.75, 3.05) is 0 Å². The first-order chi connectivity index (χ1) is 18.0. The summed E-state index contributed by atoms with van der Waals surface area (Å²) in [5.74, 6) is 0. The molecule has 1 unspecified atom stereocenters. The zero-order valence-electron chi connectivity index (χ0n) is 23.2. The van der Waals surface area contributed by atoms with E-state index in [1.165, 1.54) is 33.4 Å². The molecule has 194 valence electrons. The number of allylic oxidation sites excluding steroid dienone is 2. The predicted molar refractivity (Wildman–Crippen MR) is 155 cm³/mol. The van der Waals surface area contributed by atoms with Crippen LogP contribution >= 0.6 is 0 Å². The van der Waals surface area contributed by atoms with E-state index in [1.807, 2.05) is 0 Å². The summed E-state index contributed by atoms with van der Waals surface area (Å²) in [6.07, 6.45) is 5.59. The van der Waals surface area contributed by atoms with Crippen molar-refractivity contribution in [3.05, 3.63) is 69.3 Å². The van der Waals surface area contributed by atoms with Gasteiger partial charge in [-0.2, -0.15) is 0 Å². The number of aryl methyl sites for hydroxylation is 4. The molecule has 3 aromatic heterocycles. The van der Waals surface area contributed by atoms with Crippen LogP contribution in [0.15, 0.2) is 24.3 Å². The summed E-state index contributed by atoms with van der Waals surface area (Å²) in [7, 11) is 0. The van der Waals surface area contributed by atoms with Crippen LogP contribution in [0.2, 0.25) is 0 Å². The molecule has 3 N–H and O–H groups in total. The smallest absolute Gasteiger partial charge is 0.102 e. The number of nitrogens with zero attached hydrogens (tertiary/aromatic N) is 2. The van der Waals surface area contributed by atoms with Gasteiger partial charge in [-0.25, -0.2) is 4.98 Å².